The van der Waals surface area contributed by atoms with Crippen LogP contribution in [0.25, 0.3) is 0 Å². The normalized spacial score (nSPS) is 11.7. The van der Waals surface area contributed by atoms with E-state index >= 15 is 0 Å². The number of rotatable bonds is 11. The minimum absolute atomic E-state index is 0.209. The number of aryl methyl sites for hydroxylation is 2. The number of methoxy groups -OCH3 is 1. The first-order valence-electron chi connectivity index (χ1n) is 9.05. The van der Waals surface area contributed by atoms with Gasteiger partial charge in [-0.2, -0.15) is 16.7 Å². The molecule has 0 fully saturated rings. The number of para-hydroxylation sites is 1. The van der Waals surface area contributed by atoms with Crippen LogP contribution in [0.1, 0.15) is 34.9 Å². The fourth-order valence-electron chi connectivity index (χ4n) is 2.59. The number of nitrogens with one attached hydrogen (secondary N) is 2. The van der Waals surface area contributed by atoms with Crippen LogP contribution in [0.15, 0.2) is 28.8 Å². The molecule has 9 heteroatoms. The maximum Gasteiger partial charge on any atom is 0.255 e. The molecule has 0 bridgehead atoms. The summed E-state index contributed by atoms with van der Waals surface area (Å²) < 4.78 is 10.3. The minimum Gasteiger partial charge on any atom is -0.496 e. The molecular formula is C19H26N4O4S. The van der Waals surface area contributed by atoms with Crippen LogP contribution in [-0.4, -0.2) is 53.7 Å². The average Bonchev–Trinajstić information content (AvgIpc) is 3.13. The molecule has 0 radical (unpaired) electrons. The van der Waals surface area contributed by atoms with Crippen LogP contribution in [0.2, 0.25) is 0 Å². The summed E-state index contributed by atoms with van der Waals surface area (Å²) in [6.07, 6.45) is 3.76. The third-order valence-corrected chi connectivity index (χ3v) is 4.66. The van der Waals surface area contributed by atoms with Crippen molar-refractivity contribution in [2.24, 2.45) is 0 Å². The van der Waals surface area contributed by atoms with Crippen LogP contribution >= 0.6 is 11.8 Å². The molecular weight excluding hydrogens is 380 g/mol. The van der Waals surface area contributed by atoms with Gasteiger partial charge in [0.05, 0.1) is 12.7 Å². The molecule has 1 aromatic carbocycles. The highest BCUT2D eigenvalue weighted by atomic mass is 32.2. The van der Waals surface area contributed by atoms with Crippen LogP contribution in [-0.2, 0) is 11.2 Å². The van der Waals surface area contributed by atoms with Crippen LogP contribution in [0, 0.1) is 6.92 Å². The van der Waals surface area contributed by atoms with Crippen molar-refractivity contribution >= 4 is 23.6 Å². The Balaban J connectivity index is 1.89. The summed E-state index contributed by atoms with van der Waals surface area (Å²) in [5, 5.41) is 9.42. The molecule has 0 saturated carbocycles. The van der Waals surface area contributed by atoms with Crippen LogP contribution < -0.4 is 15.4 Å². The molecule has 1 atom stereocenters. The minimum atomic E-state index is -0.615. The number of thioether (sulfide) groups is 1. The van der Waals surface area contributed by atoms with Crippen molar-refractivity contribution < 1.29 is 18.8 Å². The number of carbonyl (C=O) groups is 2. The van der Waals surface area contributed by atoms with Crippen LogP contribution in [0.4, 0.5) is 0 Å². The molecule has 0 aliphatic rings. The van der Waals surface area contributed by atoms with Gasteiger partial charge in [-0.15, -0.1) is 0 Å². The standard InChI is InChI=1S/C19H26N4O4S/c1-13-21-17(27-23-13)9-6-11-20-19(25)15(10-12-28-3)22-18(24)14-7-4-5-8-16(14)26-2/h4-5,7-8,15H,6,9-12H2,1-3H3,(H,20,25)(H,22,24). The topological polar surface area (TPSA) is 106 Å². The van der Waals surface area contributed by atoms with Crippen molar-refractivity contribution in [2.75, 3.05) is 25.7 Å². The zero-order valence-corrected chi connectivity index (χ0v) is 17.2. The Labute approximate surface area is 168 Å². The van der Waals surface area contributed by atoms with Crippen LogP contribution in [0.5, 0.6) is 5.75 Å². The SMILES string of the molecule is COc1ccccc1C(=O)NC(CCSC)C(=O)NCCCc1nc(C)no1. The lowest BCUT2D eigenvalue weighted by molar-refractivity contribution is -0.123. The molecule has 0 aliphatic carbocycles. The van der Waals surface area contributed by atoms with E-state index in [0.717, 1.165) is 5.75 Å². The summed E-state index contributed by atoms with van der Waals surface area (Å²) in [6, 6.07) is 6.32. The van der Waals surface area contributed by atoms with E-state index < -0.39 is 6.04 Å². The molecule has 2 N–H and O–H groups in total. The molecule has 0 aliphatic heterocycles. The maximum atomic E-state index is 12.6. The first-order chi connectivity index (χ1) is 13.5. The highest BCUT2D eigenvalue weighted by molar-refractivity contribution is 7.98. The average molecular weight is 407 g/mol. The van der Waals surface area contributed by atoms with Gasteiger partial charge in [-0.3, -0.25) is 9.59 Å². The third-order valence-electron chi connectivity index (χ3n) is 4.02. The largest absolute Gasteiger partial charge is 0.496 e. The summed E-state index contributed by atoms with van der Waals surface area (Å²) in [5.41, 5.74) is 0.402. The fraction of sp³-hybridized carbons (Fsp3) is 0.474. The molecule has 0 spiro atoms. The Morgan fingerprint density at radius 2 is 2.11 bits per heavy atom. The number of benzene rings is 1. The van der Waals surface area contributed by atoms with Crippen molar-refractivity contribution in [3.05, 3.63) is 41.5 Å². The van der Waals surface area contributed by atoms with E-state index in [0.29, 0.717) is 48.8 Å². The zero-order chi connectivity index (χ0) is 20.4. The molecule has 0 saturated heterocycles. The number of hydrogen-bond donors (Lipinski definition) is 2. The lowest BCUT2D eigenvalue weighted by atomic mass is 10.1. The molecule has 1 heterocycles. The van der Waals surface area contributed by atoms with Gasteiger partial charge in [0, 0.05) is 13.0 Å². The smallest absolute Gasteiger partial charge is 0.255 e. The summed E-state index contributed by atoms with van der Waals surface area (Å²) in [5.74, 6) is 1.83. The number of aromatic nitrogens is 2. The maximum absolute atomic E-state index is 12.6. The van der Waals surface area contributed by atoms with Gasteiger partial charge in [-0.05, 0) is 43.9 Å². The molecule has 2 rings (SSSR count). The Hall–Kier alpha value is -2.55. The van der Waals surface area contributed by atoms with Gasteiger partial charge < -0.3 is 19.9 Å². The first-order valence-corrected chi connectivity index (χ1v) is 10.4. The van der Waals surface area contributed by atoms with Gasteiger partial charge in [0.25, 0.3) is 5.91 Å². The van der Waals surface area contributed by atoms with Gasteiger partial charge >= 0.3 is 0 Å². The number of ether oxygens (including phenoxy) is 1. The molecule has 1 unspecified atom stereocenters. The van der Waals surface area contributed by atoms with E-state index in [1.165, 1.54) is 7.11 Å². The Morgan fingerprint density at radius 1 is 1.32 bits per heavy atom. The van der Waals surface area contributed by atoms with Crippen molar-refractivity contribution in [1.29, 1.82) is 0 Å². The highest BCUT2D eigenvalue weighted by Crippen LogP contribution is 2.17. The fourth-order valence-corrected chi connectivity index (χ4v) is 3.06. The van der Waals surface area contributed by atoms with Crippen molar-refractivity contribution in [3.63, 3.8) is 0 Å². The van der Waals surface area contributed by atoms with Gasteiger partial charge in [-0.1, -0.05) is 17.3 Å². The second-order valence-corrected chi connectivity index (χ2v) is 7.12. The van der Waals surface area contributed by atoms with E-state index in [9.17, 15) is 9.59 Å². The molecule has 1 aromatic heterocycles. The van der Waals surface area contributed by atoms with Crippen molar-refractivity contribution in [3.8, 4) is 5.75 Å². The van der Waals surface area contributed by atoms with Gasteiger partial charge in [-0.25, -0.2) is 0 Å². The highest BCUT2D eigenvalue weighted by Gasteiger charge is 2.22. The second-order valence-electron chi connectivity index (χ2n) is 6.14. The van der Waals surface area contributed by atoms with E-state index in [4.69, 9.17) is 9.26 Å². The molecule has 8 nitrogen and oxygen atoms in total. The van der Waals surface area contributed by atoms with E-state index in [1.54, 1.807) is 43.0 Å². The Morgan fingerprint density at radius 3 is 2.79 bits per heavy atom. The van der Waals surface area contributed by atoms with Gasteiger partial charge in [0.2, 0.25) is 11.8 Å². The number of nitrogens with zero attached hydrogens (tertiary/aromatic N) is 2. The second kappa shape index (κ2) is 11.3. The lowest BCUT2D eigenvalue weighted by Crippen LogP contribution is -2.47. The molecule has 28 heavy (non-hydrogen) atoms. The van der Waals surface area contributed by atoms with Gasteiger partial charge in [0.15, 0.2) is 5.82 Å². The molecule has 2 amide bonds. The van der Waals surface area contributed by atoms with Crippen LogP contribution in [0.3, 0.4) is 0 Å². The number of amides is 2. The zero-order valence-electron chi connectivity index (χ0n) is 16.4. The number of hydrogen-bond acceptors (Lipinski definition) is 7. The van der Waals surface area contributed by atoms with E-state index in [-0.39, 0.29) is 11.8 Å². The predicted octanol–water partition coefficient (Wildman–Crippen LogP) is 1.99. The predicted molar refractivity (Wildman–Crippen MR) is 108 cm³/mol. The van der Waals surface area contributed by atoms with E-state index in [2.05, 4.69) is 20.8 Å². The summed E-state index contributed by atoms with van der Waals surface area (Å²) in [6.45, 7) is 2.22. The van der Waals surface area contributed by atoms with Gasteiger partial charge in [0.1, 0.15) is 11.8 Å². The Bertz CT molecular complexity index is 781. The summed E-state index contributed by atoms with van der Waals surface area (Å²) in [4.78, 5) is 29.3. The summed E-state index contributed by atoms with van der Waals surface area (Å²) in [7, 11) is 1.51. The van der Waals surface area contributed by atoms with E-state index in [1.807, 2.05) is 6.26 Å². The van der Waals surface area contributed by atoms with Crippen molar-refractivity contribution in [2.45, 2.75) is 32.2 Å². The quantitative estimate of drug-likeness (QED) is 0.550. The monoisotopic (exact) mass is 406 g/mol. The Kier molecular flexibility index (Phi) is 8.80. The van der Waals surface area contributed by atoms with Crippen molar-refractivity contribution in [1.82, 2.24) is 20.8 Å². The summed E-state index contributed by atoms with van der Waals surface area (Å²) >= 11 is 1.62. The first kappa shape index (κ1) is 21.7. The third kappa shape index (κ3) is 6.56. The molecule has 152 valence electrons. The molecule has 2 aromatic rings. The lowest BCUT2D eigenvalue weighted by Gasteiger charge is -2.19. The number of carbonyl (C=O) groups excluding carboxylic acids is 2.